The number of H-pyrrole nitrogens is 1. The fraction of sp³-hybridized carbons (Fsp3) is 0.820. The van der Waals surface area contributed by atoms with Crippen molar-refractivity contribution in [2.45, 2.75) is 194 Å². The fourth-order valence-electron chi connectivity index (χ4n) is 7.70. The molecule has 2 atom stereocenters. The number of para-hydroxylation sites is 1. The van der Waals surface area contributed by atoms with Crippen molar-refractivity contribution in [3.63, 3.8) is 0 Å². The zero-order chi connectivity index (χ0) is 42.4. The summed E-state index contributed by atoms with van der Waals surface area (Å²) in [6.45, 7) is 18.1. The summed E-state index contributed by atoms with van der Waals surface area (Å²) in [6.07, 6.45) is 30.3. The number of hydrogen-bond donors (Lipinski definition) is 2. The highest BCUT2D eigenvalue weighted by molar-refractivity contribution is 5.84. The lowest BCUT2D eigenvalue weighted by Gasteiger charge is -2.24. The number of ether oxygens (including phenoxy) is 4. The van der Waals surface area contributed by atoms with E-state index in [1.54, 1.807) is 0 Å². The highest BCUT2D eigenvalue weighted by Gasteiger charge is 2.10. The molecule has 342 valence electrons. The highest BCUT2D eigenvalue weighted by atomic mass is 16.7. The molecule has 9 nitrogen and oxygen atoms in total. The third-order valence-corrected chi connectivity index (χ3v) is 11.5. The molecule has 0 aliphatic carbocycles. The van der Waals surface area contributed by atoms with E-state index in [9.17, 15) is 4.79 Å². The Morgan fingerprint density at radius 3 is 1.59 bits per heavy atom. The molecule has 2 unspecified atom stereocenters. The minimum atomic E-state index is -0.0993. The van der Waals surface area contributed by atoms with Gasteiger partial charge in [-0.2, -0.15) is 0 Å². The van der Waals surface area contributed by atoms with Gasteiger partial charge in [-0.25, -0.2) is 0 Å². The Morgan fingerprint density at radius 1 is 0.593 bits per heavy atom. The second-order valence-electron chi connectivity index (χ2n) is 17.0. The van der Waals surface area contributed by atoms with Crippen molar-refractivity contribution in [1.82, 2.24) is 20.1 Å². The molecule has 0 aliphatic rings. The van der Waals surface area contributed by atoms with Gasteiger partial charge in [0.2, 0.25) is 5.91 Å². The molecule has 59 heavy (non-hydrogen) atoms. The lowest BCUT2D eigenvalue weighted by Crippen LogP contribution is -2.32. The van der Waals surface area contributed by atoms with Crippen molar-refractivity contribution in [2.75, 3.05) is 72.7 Å². The van der Waals surface area contributed by atoms with Crippen molar-refractivity contribution in [3.05, 3.63) is 36.0 Å². The van der Waals surface area contributed by atoms with Crippen LogP contribution in [0.25, 0.3) is 10.9 Å². The number of aromatic amines is 1. The molecule has 0 saturated carbocycles. The molecule has 1 heterocycles. The number of nitrogens with one attached hydrogen (secondary N) is 2. The molecule has 2 rings (SSSR count). The molecule has 2 aromatic rings. The molecule has 0 fully saturated rings. The van der Waals surface area contributed by atoms with Crippen LogP contribution < -0.4 is 5.32 Å². The van der Waals surface area contributed by atoms with E-state index in [0.29, 0.717) is 6.42 Å². The van der Waals surface area contributed by atoms with Crippen molar-refractivity contribution in [3.8, 4) is 0 Å². The third kappa shape index (κ3) is 29.8. The molecular formula is C50H92N4O5. The van der Waals surface area contributed by atoms with E-state index in [1.165, 1.54) is 133 Å². The minimum Gasteiger partial charge on any atom is -0.361 e. The minimum absolute atomic E-state index is 0.0993. The quantitative estimate of drug-likeness (QED) is 0.0508. The summed E-state index contributed by atoms with van der Waals surface area (Å²) in [6, 6.07) is 8.29. The highest BCUT2D eigenvalue weighted by Crippen LogP contribution is 2.19. The Hall–Kier alpha value is -2.01. The summed E-state index contributed by atoms with van der Waals surface area (Å²) < 4.78 is 23.6. The van der Waals surface area contributed by atoms with E-state index in [4.69, 9.17) is 18.9 Å². The van der Waals surface area contributed by atoms with Crippen LogP contribution in [-0.2, 0) is 30.2 Å². The maximum Gasteiger partial charge on any atom is 0.220 e. The molecule has 9 heteroatoms. The fourth-order valence-corrected chi connectivity index (χ4v) is 7.70. The molecule has 0 radical (unpaired) electrons. The molecule has 1 aromatic heterocycles. The number of aryl methyl sites for hydroxylation is 1. The van der Waals surface area contributed by atoms with E-state index in [-0.39, 0.29) is 18.5 Å². The Bertz CT molecular complexity index is 1190. The Morgan fingerprint density at radius 2 is 1.05 bits per heavy atom. The van der Waals surface area contributed by atoms with Crippen LogP contribution in [0.1, 0.15) is 181 Å². The van der Waals surface area contributed by atoms with Gasteiger partial charge >= 0.3 is 0 Å². The lowest BCUT2D eigenvalue weighted by atomic mass is 10.1. The second kappa shape index (κ2) is 37.7. The topological polar surface area (TPSA) is 88.3 Å². The first-order chi connectivity index (χ1) is 28.9. The first-order valence-electron chi connectivity index (χ1n) is 24.6. The number of amides is 1. The number of unbranched alkanes of at least 4 members (excludes halogenated alkanes) is 16. The number of carbonyl (C=O) groups is 1. The van der Waals surface area contributed by atoms with Gasteiger partial charge in [0.1, 0.15) is 0 Å². The summed E-state index contributed by atoms with van der Waals surface area (Å²) in [5, 5.41) is 4.35. The smallest absolute Gasteiger partial charge is 0.220 e. The lowest BCUT2D eigenvalue weighted by molar-refractivity contribution is -0.132. The summed E-state index contributed by atoms with van der Waals surface area (Å²) in [5.41, 5.74) is 2.34. The molecule has 1 aromatic carbocycles. The van der Waals surface area contributed by atoms with Crippen LogP contribution in [0.3, 0.4) is 0 Å². The molecule has 1 amide bonds. The Balaban J connectivity index is 1.58. The van der Waals surface area contributed by atoms with Gasteiger partial charge in [0.05, 0.1) is 0 Å². The Labute approximate surface area is 362 Å². The number of aromatic nitrogens is 1. The van der Waals surface area contributed by atoms with Crippen LogP contribution in [-0.4, -0.2) is 106 Å². The molecule has 0 bridgehead atoms. The van der Waals surface area contributed by atoms with Gasteiger partial charge in [0.15, 0.2) is 12.6 Å². The molecular weight excluding hydrogens is 737 g/mol. The van der Waals surface area contributed by atoms with Gasteiger partial charge in [-0.15, -0.1) is 0 Å². The number of hydrogen-bond acceptors (Lipinski definition) is 7. The summed E-state index contributed by atoms with van der Waals surface area (Å²) in [4.78, 5) is 21.0. The summed E-state index contributed by atoms with van der Waals surface area (Å²) in [5.74, 6) is 0.137. The van der Waals surface area contributed by atoms with Gasteiger partial charge in [-0.3, -0.25) is 4.79 Å². The first-order valence-corrected chi connectivity index (χ1v) is 24.6. The largest absolute Gasteiger partial charge is 0.361 e. The average Bonchev–Trinajstić information content (AvgIpc) is 3.65. The normalized spacial score (nSPS) is 12.9. The number of benzene rings is 1. The van der Waals surface area contributed by atoms with E-state index in [0.717, 1.165) is 96.6 Å². The molecule has 0 spiro atoms. The van der Waals surface area contributed by atoms with Gasteiger partial charge in [0.25, 0.3) is 0 Å². The third-order valence-electron chi connectivity index (χ3n) is 11.5. The summed E-state index contributed by atoms with van der Waals surface area (Å²) in [7, 11) is 2.22. The molecule has 2 N–H and O–H groups in total. The average molecular weight is 829 g/mol. The zero-order valence-corrected chi connectivity index (χ0v) is 39.0. The predicted octanol–water partition coefficient (Wildman–Crippen LogP) is 11.8. The van der Waals surface area contributed by atoms with Crippen LogP contribution in [0.4, 0.5) is 0 Å². The van der Waals surface area contributed by atoms with Crippen molar-refractivity contribution in [1.29, 1.82) is 0 Å². The number of fused-ring (bicyclic) bond motifs is 1. The van der Waals surface area contributed by atoms with Crippen LogP contribution in [0.2, 0.25) is 0 Å². The maximum absolute atomic E-state index is 12.5. The summed E-state index contributed by atoms with van der Waals surface area (Å²) >= 11 is 0. The van der Waals surface area contributed by atoms with Crippen LogP contribution in [0.15, 0.2) is 30.5 Å². The van der Waals surface area contributed by atoms with E-state index in [1.807, 2.05) is 26.1 Å². The van der Waals surface area contributed by atoms with Crippen molar-refractivity contribution < 1.29 is 23.7 Å². The zero-order valence-electron chi connectivity index (χ0n) is 39.0. The number of carbonyl (C=O) groups excluding carboxylic acids is 1. The van der Waals surface area contributed by atoms with Gasteiger partial charge in [0, 0.05) is 56.5 Å². The van der Waals surface area contributed by atoms with E-state index < -0.39 is 0 Å². The van der Waals surface area contributed by atoms with Crippen molar-refractivity contribution >= 4 is 16.8 Å². The number of nitrogens with zero attached hydrogens (tertiary/aromatic N) is 2. The monoisotopic (exact) mass is 829 g/mol. The van der Waals surface area contributed by atoms with E-state index >= 15 is 0 Å². The van der Waals surface area contributed by atoms with Gasteiger partial charge in [-0.1, -0.05) is 122 Å². The molecule has 0 aliphatic heterocycles. The standard InChI is InChI=1S/C50H92N4O5/c1-6-8-10-12-16-24-40-56-45(3)58-42-26-18-14-22-37-54(38-23-15-19-27-43-59-46(4)57-41-25-17-13-11-9-7-2)39-29-36-53(5)35-28-34-51-50(55)33-32-47-44-52-49-31-21-20-30-48(47)49/h20-21,30-31,44-46,52H,6-19,22-29,32-43H2,1-5H3,(H,51,55). The Kier molecular flexibility index (Phi) is 34.0. The van der Waals surface area contributed by atoms with Crippen LogP contribution >= 0.6 is 0 Å². The maximum atomic E-state index is 12.5. The second-order valence-corrected chi connectivity index (χ2v) is 17.0. The van der Waals surface area contributed by atoms with Gasteiger partial charge < -0.3 is 39.0 Å². The van der Waals surface area contributed by atoms with Crippen LogP contribution in [0.5, 0.6) is 0 Å². The van der Waals surface area contributed by atoms with E-state index in [2.05, 4.69) is 59.2 Å². The SMILES string of the molecule is CCCCCCCCOC(C)OCCCCCCN(CCCCCCOC(C)OCCCCCCCC)CCCN(C)CCCNC(=O)CCc1c[nH]c2ccccc12. The predicted molar refractivity (Wildman–Crippen MR) is 249 cm³/mol. The van der Waals surface area contributed by atoms with Crippen molar-refractivity contribution in [2.24, 2.45) is 0 Å². The molecule has 0 saturated heterocycles. The first kappa shape index (κ1) is 53.1. The number of rotatable bonds is 43. The van der Waals surface area contributed by atoms with Gasteiger partial charge in [-0.05, 0) is 123 Å². The van der Waals surface area contributed by atoms with Crippen LogP contribution in [0, 0.1) is 0 Å².